The summed E-state index contributed by atoms with van der Waals surface area (Å²) in [5.41, 5.74) is 0.265. The summed E-state index contributed by atoms with van der Waals surface area (Å²) in [5, 5.41) is 0. The molecule has 2 rings (SSSR count). The largest absolute Gasteiger partial charge is 0.466 e. The maximum Gasteiger partial charge on any atom is 0.347 e. The van der Waals surface area contributed by atoms with E-state index in [0.717, 1.165) is 11.1 Å². The van der Waals surface area contributed by atoms with E-state index >= 15 is 0 Å². The van der Waals surface area contributed by atoms with Gasteiger partial charge in [0.25, 0.3) is 0 Å². The van der Waals surface area contributed by atoms with E-state index in [0.29, 0.717) is 13.2 Å². The van der Waals surface area contributed by atoms with Crippen LogP contribution in [0.15, 0.2) is 60.7 Å². The fourth-order valence-electron chi connectivity index (χ4n) is 2.50. The lowest BCUT2D eigenvalue weighted by Crippen LogP contribution is -2.42. The van der Waals surface area contributed by atoms with Crippen molar-refractivity contribution >= 4 is 5.97 Å². The fraction of sp³-hybridized carbons (Fsp3) is 0.316. The van der Waals surface area contributed by atoms with E-state index in [2.05, 4.69) is 0 Å². The van der Waals surface area contributed by atoms with Crippen molar-refractivity contribution in [3.8, 4) is 0 Å². The Bertz CT molecular complexity index is 572. The van der Waals surface area contributed by atoms with Gasteiger partial charge in [-0.1, -0.05) is 60.7 Å². The standard InChI is InChI=1S/C19H23NO3/c1-20(2)14-15-23-19(18(21)22-3,16-10-6-4-7-11-16)17-12-8-5-9-13-17/h4-13H,14-15H2,1-3H3. The Balaban J connectivity index is 2.52. The SMILES string of the molecule is COC(=O)C(OCCN(C)C)(c1ccccc1)c1ccccc1. The Morgan fingerprint density at radius 2 is 1.43 bits per heavy atom. The van der Waals surface area contributed by atoms with E-state index in [9.17, 15) is 4.79 Å². The molecule has 0 fully saturated rings. The predicted molar refractivity (Wildman–Crippen MR) is 90.2 cm³/mol. The third-order valence-corrected chi connectivity index (χ3v) is 3.69. The fourth-order valence-corrected chi connectivity index (χ4v) is 2.50. The number of esters is 1. The molecule has 0 heterocycles. The molecule has 0 unspecified atom stereocenters. The van der Waals surface area contributed by atoms with Gasteiger partial charge in [0, 0.05) is 6.54 Å². The molecular formula is C19H23NO3. The highest BCUT2D eigenvalue weighted by Gasteiger charge is 2.44. The van der Waals surface area contributed by atoms with Crippen molar-refractivity contribution in [2.45, 2.75) is 5.60 Å². The Morgan fingerprint density at radius 3 is 1.83 bits per heavy atom. The number of methoxy groups -OCH3 is 1. The van der Waals surface area contributed by atoms with Gasteiger partial charge in [0.2, 0.25) is 5.60 Å². The van der Waals surface area contributed by atoms with E-state index in [4.69, 9.17) is 9.47 Å². The van der Waals surface area contributed by atoms with Crippen molar-refractivity contribution in [1.29, 1.82) is 0 Å². The van der Waals surface area contributed by atoms with Crippen LogP contribution in [0, 0.1) is 0 Å². The summed E-state index contributed by atoms with van der Waals surface area (Å²) in [7, 11) is 5.32. The molecule has 0 aliphatic rings. The van der Waals surface area contributed by atoms with Gasteiger partial charge in [0.1, 0.15) is 0 Å². The Kier molecular flexibility index (Phi) is 5.90. The molecule has 122 valence electrons. The third kappa shape index (κ3) is 3.78. The number of likely N-dealkylation sites (N-methyl/N-ethyl adjacent to an activating group) is 1. The van der Waals surface area contributed by atoms with Gasteiger partial charge < -0.3 is 14.4 Å². The lowest BCUT2D eigenvalue weighted by molar-refractivity contribution is -0.165. The molecule has 0 amide bonds. The monoisotopic (exact) mass is 313 g/mol. The number of ether oxygens (including phenoxy) is 2. The summed E-state index contributed by atoms with van der Waals surface area (Å²) in [4.78, 5) is 14.8. The van der Waals surface area contributed by atoms with E-state index in [1.165, 1.54) is 7.11 Å². The molecule has 4 heteroatoms. The average molecular weight is 313 g/mol. The van der Waals surface area contributed by atoms with Crippen molar-refractivity contribution in [2.75, 3.05) is 34.4 Å². The van der Waals surface area contributed by atoms with E-state index in [-0.39, 0.29) is 0 Å². The van der Waals surface area contributed by atoms with Gasteiger partial charge in [-0.05, 0) is 25.2 Å². The van der Waals surface area contributed by atoms with Crippen molar-refractivity contribution in [1.82, 2.24) is 4.90 Å². The molecule has 23 heavy (non-hydrogen) atoms. The van der Waals surface area contributed by atoms with Gasteiger partial charge in [-0.15, -0.1) is 0 Å². The second kappa shape index (κ2) is 7.90. The zero-order valence-electron chi connectivity index (χ0n) is 13.9. The molecular weight excluding hydrogens is 290 g/mol. The molecule has 0 saturated heterocycles. The number of carbonyl (C=O) groups is 1. The van der Waals surface area contributed by atoms with Gasteiger partial charge in [0.15, 0.2) is 0 Å². The van der Waals surface area contributed by atoms with Crippen LogP contribution < -0.4 is 0 Å². The number of hydrogen-bond acceptors (Lipinski definition) is 4. The van der Waals surface area contributed by atoms with Crippen LogP contribution in [-0.2, 0) is 19.9 Å². The van der Waals surface area contributed by atoms with Crippen LogP contribution in [0.4, 0.5) is 0 Å². The average Bonchev–Trinajstić information content (AvgIpc) is 2.59. The van der Waals surface area contributed by atoms with Crippen molar-refractivity contribution in [2.24, 2.45) is 0 Å². The number of carbonyl (C=O) groups excluding carboxylic acids is 1. The summed E-state index contributed by atoms with van der Waals surface area (Å²) in [5.74, 6) is -0.423. The Labute approximate surface area is 137 Å². The highest BCUT2D eigenvalue weighted by Crippen LogP contribution is 2.35. The van der Waals surface area contributed by atoms with Gasteiger partial charge in [-0.3, -0.25) is 0 Å². The normalized spacial score (nSPS) is 11.5. The minimum absolute atomic E-state index is 0.409. The van der Waals surface area contributed by atoms with E-state index < -0.39 is 11.6 Å². The smallest absolute Gasteiger partial charge is 0.347 e. The molecule has 0 saturated carbocycles. The van der Waals surface area contributed by atoms with Gasteiger partial charge in [-0.25, -0.2) is 4.79 Å². The van der Waals surface area contributed by atoms with E-state index in [1.54, 1.807) is 0 Å². The Morgan fingerprint density at radius 1 is 0.957 bits per heavy atom. The molecule has 0 radical (unpaired) electrons. The summed E-state index contributed by atoms with van der Waals surface area (Å²) in [6.07, 6.45) is 0. The molecule has 0 atom stereocenters. The second-order valence-electron chi connectivity index (χ2n) is 5.56. The second-order valence-corrected chi connectivity index (χ2v) is 5.56. The first-order chi connectivity index (χ1) is 11.1. The number of nitrogens with zero attached hydrogens (tertiary/aromatic N) is 1. The first-order valence-electron chi connectivity index (χ1n) is 7.59. The minimum Gasteiger partial charge on any atom is -0.466 e. The summed E-state index contributed by atoms with van der Waals surface area (Å²) in [6.45, 7) is 1.12. The molecule has 2 aromatic rings. The lowest BCUT2D eigenvalue weighted by Gasteiger charge is -2.32. The number of rotatable bonds is 7. The molecule has 0 aliphatic heterocycles. The maximum absolute atomic E-state index is 12.7. The number of benzene rings is 2. The van der Waals surface area contributed by atoms with Crippen LogP contribution in [-0.4, -0.2) is 45.2 Å². The molecule has 0 bridgehead atoms. The van der Waals surface area contributed by atoms with Gasteiger partial charge in [-0.2, -0.15) is 0 Å². The van der Waals surface area contributed by atoms with Crippen molar-refractivity contribution < 1.29 is 14.3 Å². The topological polar surface area (TPSA) is 38.8 Å². The van der Waals surface area contributed by atoms with Gasteiger partial charge in [0.05, 0.1) is 13.7 Å². The predicted octanol–water partition coefficient (Wildman–Crippen LogP) is 2.68. The zero-order chi connectivity index (χ0) is 16.7. The summed E-state index contributed by atoms with van der Waals surface area (Å²) < 4.78 is 11.3. The van der Waals surface area contributed by atoms with Crippen LogP contribution in [0.25, 0.3) is 0 Å². The molecule has 4 nitrogen and oxygen atoms in total. The quantitative estimate of drug-likeness (QED) is 0.737. The van der Waals surface area contributed by atoms with Crippen LogP contribution in [0.2, 0.25) is 0 Å². The van der Waals surface area contributed by atoms with Gasteiger partial charge >= 0.3 is 5.97 Å². The highest BCUT2D eigenvalue weighted by molar-refractivity contribution is 5.85. The zero-order valence-corrected chi connectivity index (χ0v) is 13.9. The lowest BCUT2D eigenvalue weighted by atomic mass is 9.86. The Hall–Kier alpha value is -2.17. The summed E-state index contributed by atoms with van der Waals surface area (Å²) >= 11 is 0. The molecule has 0 aliphatic carbocycles. The van der Waals surface area contributed by atoms with Crippen LogP contribution in [0.3, 0.4) is 0 Å². The van der Waals surface area contributed by atoms with E-state index in [1.807, 2.05) is 79.7 Å². The van der Waals surface area contributed by atoms with Crippen LogP contribution in [0.1, 0.15) is 11.1 Å². The minimum atomic E-state index is -1.26. The first kappa shape index (κ1) is 17.2. The molecule has 0 aromatic heterocycles. The highest BCUT2D eigenvalue weighted by atomic mass is 16.6. The molecule has 0 spiro atoms. The molecule has 0 N–H and O–H groups in total. The molecule has 2 aromatic carbocycles. The van der Waals surface area contributed by atoms with Crippen LogP contribution >= 0.6 is 0 Å². The van der Waals surface area contributed by atoms with Crippen LogP contribution in [0.5, 0.6) is 0 Å². The first-order valence-corrected chi connectivity index (χ1v) is 7.59. The van der Waals surface area contributed by atoms with Crippen molar-refractivity contribution in [3.05, 3.63) is 71.8 Å². The summed E-state index contributed by atoms with van der Waals surface area (Å²) in [6, 6.07) is 19.0. The van der Waals surface area contributed by atoms with Crippen molar-refractivity contribution in [3.63, 3.8) is 0 Å². The third-order valence-electron chi connectivity index (χ3n) is 3.69. The number of hydrogen-bond donors (Lipinski definition) is 0. The maximum atomic E-state index is 12.7.